The largest absolute Gasteiger partial charge is 0.493 e. The highest BCUT2D eigenvalue weighted by molar-refractivity contribution is 7.22. The summed E-state index contributed by atoms with van der Waals surface area (Å²) in [6.45, 7) is 0. The van der Waals surface area contributed by atoms with Crippen LogP contribution in [0.5, 0.6) is 17.2 Å². The maximum Gasteiger partial charge on any atom is 0.255 e. The normalized spacial score (nSPS) is 10.8. The minimum Gasteiger partial charge on any atom is -0.493 e. The molecule has 0 aliphatic heterocycles. The molecule has 0 spiro atoms. The predicted molar refractivity (Wildman–Crippen MR) is 139 cm³/mol. The van der Waals surface area contributed by atoms with Gasteiger partial charge in [-0.05, 0) is 29.7 Å². The number of methoxy groups -OCH3 is 3. The van der Waals surface area contributed by atoms with Crippen molar-refractivity contribution in [1.82, 2.24) is 9.97 Å². The van der Waals surface area contributed by atoms with Crippen molar-refractivity contribution in [2.24, 2.45) is 0 Å². The summed E-state index contributed by atoms with van der Waals surface area (Å²) in [6.07, 6.45) is 1.77. The van der Waals surface area contributed by atoms with Crippen LogP contribution in [0.2, 0.25) is 0 Å². The molecule has 2 heterocycles. The molecule has 0 saturated carbocycles. The lowest BCUT2D eigenvalue weighted by Crippen LogP contribution is -2.12. The van der Waals surface area contributed by atoms with Gasteiger partial charge in [0.2, 0.25) is 5.75 Å². The number of hydrogen-bond acceptors (Lipinski definition) is 8. The Kier molecular flexibility index (Phi) is 6.07. The molecule has 2 N–H and O–H groups in total. The van der Waals surface area contributed by atoms with E-state index >= 15 is 0 Å². The van der Waals surface area contributed by atoms with Crippen molar-refractivity contribution in [2.45, 2.75) is 0 Å². The van der Waals surface area contributed by atoms with Gasteiger partial charge < -0.3 is 24.8 Å². The van der Waals surface area contributed by atoms with Crippen molar-refractivity contribution in [3.05, 3.63) is 72.4 Å². The first-order valence-corrected chi connectivity index (χ1v) is 11.5. The third kappa shape index (κ3) is 4.41. The fourth-order valence-electron chi connectivity index (χ4n) is 3.80. The van der Waals surface area contributed by atoms with E-state index in [1.165, 1.54) is 32.7 Å². The average Bonchev–Trinajstić information content (AvgIpc) is 3.29. The Morgan fingerprint density at radius 3 is 2.43 bits per heavy atom. The van der Waals surface area contributed by atoms with Crippen molar-refractivity contribution in [3.63, 3.8) is 0 Å². The van der Waals surface area contributed by atoms with Crippen LogP contribution in [0.25, 0.3) is 21.0 Å². The molecular formula is C26H22N4O4S. The zero-order valence-electron chi connectivity index (χ0n) is 19.3. The van der Waals surface area contributed by atoms with Crippen LogP contribution in [0.4, 0.5) is 16.6 Å². The number of nitrogens with zero attached hydrogens (tertiary/aromatic N) is 2. The minimum absolute atomic E-state index is 0.264. The van der Waals surface area contributed by atoms with E-state index in [9.17, 15) is 4.79 Å². The van der Waals surface area contributed by atoms with Crippen molar-refractivity contribution in [2.75, 3.05) is 32.0 Å². The van der Waals surface area contributed by atoms with Gasteiger partial charge in [0.25, 0.3) is 5.91 Å². The molecule has 176 valence electrons. The van der Waals surface area contributed by atoms with Crippen molar-refractivity contribution in [1.29, 1.82) is 0 Å². The maximum absolute atomic E-state index is 13.0. The highest BCUT2D eigenvalue weighted by Gasteiger charge is 2.16. The molecule has 0 aliphatic rings. The molecule has 0 radical (unpaired) electrons. The van der Waals surface area contributed by atoms with Crippen molar-refractivity contribution < 1.29 is 19.0 Å². The average molecular weight is 487 g/mol. The molecule has 1 amide bonds. The summed E-state index contributed by atoms with van der Waals surface area (Å²) < 4.78 is 17.0. The molecule has 0 fully saturated rings. The van der Waals surface area contributed by atoms with E-state index in [-0.39, 0.29) is 5.91 Å². The van der Waals surface area contributed by atoms with Crippen LogP contribution in [-0.4, -0.2) is 37.2 Å². The highest BCUT2D eigenvalue weighted by atomic mass is 32.1. The first kappa shape index (κ1) is 22.4. The first-order chi connectivity index (χ1) is 17.1. The van der Waals surface area contributed by atoms with E-state index in [1.54, 1.807) is 24.4 Å². The van der Waals surface area contributed by atoms with E-state index in [0.29, 0.717) is 33.6 Å². The van der Waals surface area contributed by atoms with Crippen molar-refractivity contribution in [3.8, 4) is 17.2 Å². The van der Waals surface area contributed by atoms with Crippen LogP contribution in [-0.2, 0) is 0 Å². The molecule has 9 heteroatoms. The second-order valence-corrected chi connectivity index (χ2v) is 8.61. The third-order valence-electron chi connectivity index (χ3n) is 5.47. The number of fused-ring (bicyclic) bond motifs is 2. The van der Waals surface area contributed by atoms with Gasteiger partial charge >= 0.3 is 0 Å². The lowest BCUT2D eigenvalue weighted by Gasteiger charge is -2.14. The summed E-state index contributed by atoms with van der Waals surface area (Å²) in [5, 5.41) is 9.02. The number of thiazole rings is 1. The number of anilines is 3. The monoisotopic (exact) mass is 486 g/mol. The van der Waals surface area contributed by atoms with Crippen LogP contribution in [0.15, 0.2) is 66.9 Å². The Hall–Kier alpha value is -4.37. The third-order valence-corrected chi connectivity index (χ3v) is 6.41. The van der Waals surface area contributed by atoms with Gasteiger partial charge in [0.1, 0.15) is 5.82 Å². The molecule has 0 atom stereocenters. The summed E-state index contributed by atoms with van der Waals surface area (Å²) in [6, 6.07) is 18.8. The van der Waals surface area contributed by atoms with E-state index in [2.05, 4.69) is 20.6 Å². The second kappa shape index (κ2) is 9.47. The second-order valence-electron chi connectivity index (χ2n) is 7.58. The van der Waals surface area contributed by atoms with Crippen LogP contribution in [0, 0.1) is 0 Å². The number of benzene rings is 3. The topological polar surface area (TPSA) is 94.6 Å². The lowest BCUT2D eigenvalue weighted by molar-refractivity contribution is 0.102. The number of rotatable bonds is 7. The molecule has 0 unspecified atom stereocenters. The van der Waals surface area contributed by atoms with Crippen LogP contribution >= 0.6 is 11.3 Å². The zero-order chi connectivity index (χ0) is 24.4. The number of ether oxygens (including phenoxy) is 3. The zero-order valence-corrected chi connectivity index (χ0v) is 20.1. The van der Waals surface area contributed by atoms with Crippen LogP contribution in [0.3, 0.4) is 0 Å². The number of hydrogen-bond donors (Lipinski definition) is 2. The quantitative estimate of drug-likeness (QED) is 0.297. The Morgan fingerprint density at radius 2 is 1.69 bits per heavy atom. The van der Waals surface area contributed by atoms with E-state index < -0.39 is 0 Å². The standard InChI is InChI=1S/C26H22N4O4S/c1-32-20-13-17(14-21(33-2)23(20)34-3)28-25(31)16-8-9-19-22(12-16)35-26(29-19)30-24-18-7-5-4-6-15(18)10-11-27-24/h4-14H,1-3H3,(H,28,31)(H,27,29,30). The summed E-state index contributed by atoms with van der Waals surface area (Å²) in [7, 11) is 4.59. The molecule has 35 heavy (non-hydrogen) atoms. The van der Waals surface area contributed by atoms with Gasteiger partial charge in [-0.15, -0.1) is 0 Å². The first-order valence-electron chi connectivity index (χ1n) is 10.7. The smallest absolute Gasteiger partial charge is 0.255 e. The lowest BCUT2D eigenvalue weighted by atomic mass is 10.1. The number of aromatic nitrogens is 2. The number of carbonyl (C=O) groups excluding carboxylic acids is 1. The number of carbonyl (C=O) groups is 1. The molecule has 0 aliphatic carbocycles. The highest BCUT2D eigenvalue weighted by Crippen LogP contribution is 2.40. The molecule has 0 bridgehead atoms. The van der Waals surface area contributed by atoms with E-state index in [0.717, 1.165) is 26.8 Å². The Bertz CT molecular complexity index is 1520. The molecular weight excluding hydrogens is 464 g/mol. The maximum atomic E-state index is 13.0. The molecule has 8 nitrogen and oxygen atoms in total. The van der Waals surface area contributed by atoms with Gasteiger partial charge in [-0.1, -0.05) is 35.6 Å². The fraction of sp³-hybridized carbons (Fsp3) is 0.115. The molecule has 2 aromatic heterocycles. The predicted octanol–water partition coefficient (Wildman–Crippen LogP) is 5.87. The van der Waals surface area contributed by atoms with Gasteiger partial charge in [-0.25, -0.2) is 9.97 Å². The van der Waals surface area contributed by atoms with Crippen LogP contribution in [0.1, 0.15) is 10.4 Å². The summed E-state index contributed by atoms with van der Waals surface area (Å²) in [4.78, 5) is 22.1. The number of nitrogens with one attached hydrogen (secondary N) is 2. The van der Waals surface area contributed by atoms with E-state index in [1.807, 2.05) is 42.5 Å². The molecule has 3 aromatic carbocycles. The number of amides is 1. The summed E-state index contributed by atoms with van der Waals surface area (Å²) in [5.41, 5.74) is 1.82. The molecule has 0 saturated heterocycles. The summed E-state index contributed by atoms with van der Waals surface area (Å²) in [5.74, 6) is 1.85. The van der Waals surface area contributed by atoms with Gasteiger partial charge in [-0.3, -0.25) is 4.79 Å². The Labute approximate surface area is 205 Å². The fourth-order valence-corrected chi connectivity index (χ4v) is 4.70. The number of pyridine rings is 1. The van der Waals surface area contributed by atoms with Crippen molar-refractivity contribution >= 4 is 54.9 Å². The van der Waals surface area contributed by atoms with Gasteiger partial charge in [0, 0.05) is 35.0 Å². The molecule has 5 aromatic rings. The molecule has 5 rings (SSSR count). The van der Waals surface area contributed by atoms with Crippen LogP contribution < -0.4 is 24.8 Å². The van der Waals surface area contributed by atoms with Gasteiger partial charge in [-0.2, -0.15) is 0 Å². The Morgan fingerprint density at radius 1 is 0.914 bits per heavy atom. The SMILES string of the molecule is COc1cc(NC(=O)c2ccc3nc(Nc4nccc5ccccc45)sc3c2)cc(OC)c1OC. The minimum atomic E-state index is -0.264. The van der Waals surface area contributed by atoms with Gasteiger partial charge in [0.05, 0.1) is 31.5 Å². The Balaban J connectivity index is 1.40. The van der Waals surface area contributed by atoms with E-state index in [4.69, 9.17) is 14.2 Å². The van der Waals surface area contributed by atoms with Gasteiger partial charge in [0.15, 0.2) is 16.6 Å². The summed E-state index contributed by atoms with van der Waals surface area (Å²) >= 11 is 1.46.